The van der Waals surface area contributed by atoms with Gasteiger partial charge in [0.2, 0.25) is 21.8 Å². The van der Waals surface area contributed by atoms with Crippen LogP contribution in [-0.2, 0) is 26.0 Å². The molecule has 7 nitrogen and oxygen atoms in total. The maximum absolute atomic E-state index is 12.7. The molecule has 0 aliphatic carbocycles. The molecule has 30 heavy (non-hydrogen) atoms. The van der Waals surface area contributed by atoms with Crippen LogP contribution < -0.4 is 10.6 Å². The molecule has 1 aliphatic rings. The SMILES string of the molecule is CC(=O)Nc1ccc(NC(=O)CCc2ccc(S(=O)(=O)N3CCCCC3)cc2)cc1. The van der Waals surface area contributed by atoms with E-state index in [0.717, 1.165) is 24.8 Å². The van der Waals surface area contributed by atoms with Crippen LogP contribution in [0.3, 0.4) is 0 Å². The van der Waals surface area contributed by atoms with Gasteiger partial charge in [0.05, 0.1) is 4.90 Å². The normalized spacial score (nSPS) is 14.8. The molecule has 2 aromatic carbocycles. The maximum Gasteiger partial charge on any atom is 0.243 e. The van der Waals surface area contributed by atoms with Crippen LogP contribution in [0, 0.1) is 0 Å². The Morgan fingerprint density at radius 3 is 2.00 bits per heavy atom. The summed E-state index contributed by atoms with van der Waals surface area (Å²) >= 11 is 0. The van der Waals surface area contributed by atoms with Gasteiger partial charge in [-0.15, -0.1) is 0 Å². The quantitative estimate of drug-likeness (QED) is 0.705. The molecule has 8 heteroatoms. The molecular formula is C22H27N3O4S. The number of carbonyl (C=O) groups excluding carboxylic acids is 2. The molecule has 0 atom stereocenters. The highest BCUT2D eigenvalue weighted by molar-refractivity contribution is 7.89. The summed E-state index contributed by atoms with van der Waals surface area (Å²) in [4.78, 5) is 23.5. The number of benzene rings is 2. The molecule has 0 saturated carbocycles. The molecular weight excluding hydrogens is 402 g/mol. The first-order valence-corrected chi connectivity index (χ1v) is 11.6. The lowest BCUT2D eigenvalue weighted by atomic mass is 10.1. The van der Waals surface area contributed by atoms with E-state index < -0.39 is 10.0 Å². The van der Waals surface area contributed by atoms with Crippen LogP contribution in [0.1, 0.15) is 38.2 Å². The van der Waals surface area contributed by atoms with E-state index in [2.05, 4.69) is 10.6 Å². The summed E-state index contributed by atoms with van der Waals surface area (Å²) < 4.78 is 26.9. The van der Waals surface area contributed by atoms with Crippen LogP contribution in [0.15, 0.2) is 53.4 Å². The van der Waals surface area contributed by atoms with Gasteiger partial charge in [-0.25, -0.2) is 8.42 Å². The molecule has 160 valence electrons. The number of amides is 2. The zero-order valence-electron chi connectivity index (χ0n) is 17.1. The summed E-state index contributed by atoms with van der Waals surface area (Å²) in [5.41, 5.74) is 2.22. The van der Waals surface area contributed by atoms with Crippen molar-refractivity contribution in [3.8, 4) is 0 Å². The lowest BCUT2D eigenvalue weighted by Gasteiger charge is -2.25. The third-order valence-electron chi connectivity index (χ3n) is 5.01. The van der Waals surface area contributed by atoms with Gasteiger partial charge in [-0.05, 0) is 61.2 Å². The second kappa shape index (κ2) is 9.86. The summed E-state index contributed by atoms with van der Waals surface area (Å²) in [6.07, 6.45) is 3.68. The zero-order chi connectivity index (χ0) is 21.6. The Hall–Kier alpha value is -2.71. The van der Waals surface area contributed by atoms with Crippen LogP contribution in [0.2, 0.25) is 0 Å². The third kappa shape index (κ3) is 5.90. The average Bonchev–Trinajstić information content (AvgIpc) is 2.74. The summed E-state index contributed by atoms with van der Waals surface area (Å²) in [6.45, 7) is 2.59. The number of nitrogens with zero attached hydrogens (tertiary/aromatic N) is 1. The van der Waals surface area contributed by atoms with E-state index in [4.69, 9.17) is 0 Å². The molecule has 1 fully saturated rings. The lowest BCUT2D eigenvalue weighted by Crippen LogP contribution is -2.35. The second-order valence-corrected chi connectivity index (χ2v) is 9.35. The molecule has 0 radical (unpaired) electrons. The van der Waals surface area contributed by atoms with Crippen LogP contribution in [0.5, 0.6) is 0 Å². The van der Waals surface area contributed by atoms with Crippen molar-refractivity contribution in [1.82, 2.24) is 4.31 Å². The minimum atomic E-state index is -3.43. The predicted octanol–water partition coefficient (Wildman–Crippen LogP) is 3.39. The largest absolute Gasteiger partial charge is 0.326 e. The van der Waals surface area contributed by atoms with E-state index in [1.54, 1.807) is 52.8 Å². The molecule has 1 heterocycles. The van der Waals surface area contributed by atoms with E-state index in [1.165, 1.54) is 6.92 Å². The Morgan fingerprint density at radius 1 is 0.867 bits per heavy atom. The van der Waals surface area contributed by atoms with Gasteiger partial charge in [-0.3, -0.25) is 9.59 Å². The van der Waals surface area contributed by atoms with Crippen molar-refractivity contribution in [3.05, 3.63) is 54.1 Å². The van der Waals surface area contributed by atoms with Gasteiger partial charge in [0.1, 0.15) is 0 Å². The molecule has 1 saturated heterocycles. The number of piperidine rings is 1. The van der Waals surface area contributed by atoms with E-state index in [1.807, 2.05) is 0 Å². The zero-order valence-corrected chi connectivity index (χ0v) is 17.9. The first-order chi connectivity index (χ1) is 14.3. The highest BCUT2D eigenvalue weighted by Gasteiger charge is 2.25. The molecule has 3 rings (SSSR count). The van der Waals surface area contributed by atoms with Crippen LogP contribution in [0.25, 0.3) is 0 Å². The minimum Gasteiger partial charge on any atom is -0.326 e. The van der Waals surface area contributed by atoms with Crippen molar-refractivity contribution >= 4 is 33.2 Å². The highest BCUT2D eigenvalue weighted by Crippen LogP contribution is 2.21. The standard InChI is InChI=1S/C22H27N3O4S/c1-17(26)23-19-8-10-20(11-9-19)24-22(27)14-7-18-5-12-21(13-6-18)30(28,29)25-15-3-2-4-16-25/h5-6,8-13H,2-4,7,14-16H2,1H3,(H,23,26)(H,24,27). The van der Waals surface area contributed by atoms with E-state index >= 15 is 0 Å². The molecule has 0 aromatic heterocycles. The number of hydrogen-bond donors (Lipinski definition) is 2. The van der Waals surface area contributed by atoms with Crippen LogP contribution in [-0.4, -0.2) is 37.6 Å². The van der Waals surface area contributed by atoms with Crippen LogP contribution >= 0.6 is 0 Å². The van der Waals surface area contributed by atoms with Crippen molar-refractivity contribution in [3.63, 3.8) is 0 Å². The van der Waals surface area contributed by atoms with Gasteiger partial charge in [0.15, 0.2) is 0 Å². The van der Waals surface area contributed by atoms with Gasteiger partial charge in [0.25, 0.3) is 0 Å². The molecule has 0 spiro atoms. The number of sulfonamides is 1. The number of carbonyl (C=O) groups is 2. The Labute approximate surface area is 177 Å². The van der Waals surface area contributed by atoms with E-state index in [0.29, 0.717) is 35.8 Å². The van der Waals surface area contributed by atoms with Crippen molar-refractivity contribution in [1.29, 1.82) is 0 Å². The summed E-state index contributed by atoms with van der Waals surface area (Å²) in [7, 11) is -3.43. The minimum absolute atomic E-state index is 0.132. The number of rotatable bonds is 7. The monoisotopic (exact) mass is 429 g/mol. The maximum atomic E-state index is 12.7. The summed E-state index contributed by atoms with van der Waals surface area (Å²) in [5, 5.41) is 5.49. The van der Waals surface area contributed by atoms with Gasteiger partial charge in [-0.1, -0.05) is 18.6 Å². The third-order valence-corrected chi connectivity index (χ3v) is 6.92. The first-order valence-electron chi connectivity index (χ1n) is 10.1. The molecule has 2 aromatic rings. The van der Waals surface area contributed by atoms with Gasteiger partial charge < -0.3 is 10.6 Å². The fraction of sp³-hybridized carbons (Fsp3) is 0.364. The fourth-order valence-electron chi connectivity index (χ4n) is 3.40. The van der Waals surface area contributed by atoms with Gasteiger partial charge in [-0.2, -0.15) is 4.31 Å². The summed E-state index contributed by atoms with van der Waals surface area (Å²) in [5.74, 6) is -0.283. The molecule has 2 amide bonds. The number of anilines is 2. The summed E-state index contributed by atoms with van der Waals surface area (Å²) in [6, 6.07) is 13.7. The highest BCUT2D eigenvalue weighted by atomic mass is 32.2. The lowest BCUT2D eigenvalue weighted by molar-refractivity contribution is -0.116. The molecule has 0 bridgehead atoms. The van der Waals surface area contributed by atoms with Crippen LogP contribution in [0.4, 0.5) is 11.4 Å². The van der Waals surface area contributed by atoms with Gasteiger partial charge in [0, 0.05) is 37.8 Å². The van der Waals surface area contributed by atoms with Crippen molar-refractivity contribution in [2.75, 3.05) is 23.7 Å². The van der Waals surface area contributed by atoms with Crippen molar-refractivity contribution in [2.24, 2.45) is 0 Å². The Morgan fingerprint density at radius 2 is 1.43 bits per heavy atom. The molecule has 0 unspecified atom stereocenters. The topological polar surface area (TPSA) is 95.6 Å². The molecule has 1 aliphatic heterocycles. The molecule has 2 N–H and O–H groups in total. The number of nitrogens with one attached hydrogen (secondary N) is 2. The predicted molar refractivity (Wildman–Crippen MR) is 117 cm³/mol. The smallest absolute Gasteiger partial charge is 0.243 e. The Bertz CT molecular complexity index is 980. The second-order valence-electron chi connectivity index (χ2n) is 7.42. The Kier molecular flexibility index (Phi) is 7.23. The first kappa shape index (κ1) is 22.0. The van der Waals surface area contributed by atoms with E-state index in [-0.39, 0.29) is 18.2 Å². The van der Waals surface area contributed by atoms with Crippen molar-refractivity contribution < 1.29 is 18.0 Å². The Balaban J connectivity index is 1.52. The fourth-order valence-corrected chi connectivity index (χ4v) is 4.92. The average molecular weight is 430 g/mol. The van der Waals surface area contributed by atoms with E-state index in [9.17, 15) is 18.0 Å². The number of hydrogen-bond acceptors (Lipinski definition) is 4. The van der Waals surface area contributed by atoms with Crippen molar-refractivity contribution in [2.45, 2.75) is 43.9 Å². The number of aryl methyl sites for hydroxylation is 1. The van der Waals surface area contributed by atoms with Gasteiger partial charge >= 0.3 is 0 Å².